The normalized spacial score (nSPS) is 24.2. The predicted molar refractivity (Wildman–Crippen MR) is 94.7 cm³/mol. The van der Waals surface area contributed by atoms with E-state index in [1.54, 1.807) is 0 Å². The summed E-state index contributed by atoms with van der Waals surface area (Å²) in [5, 5.41) is 12.5. The van der Waals surface area contributed by atoms with Crippen LogP contribution in [0.3, 0.4) is 0 Å². The Balaban J connectivity index is 1.65. The van der Waals surface area contributed by atoms with Gasteiger partial charge >= 0.3 is 5.97 Å². The number of carboxylic acids is 1. The number of amides is 1. The van der Waals surface area contributed by atoms with Gasteiger partial charge in [-0.15, -0.1) is 0 Å². The number of aliphatic carboxylic acids is 1. The number of fused-ring (bicyclic) bond motifs is 1. The third kappa shape index (κ3) is 2.96. The first-order valence-corrected chi connectivity index (χ1v) is 8.80. The van der Waals surface area contributed by atoms with Crippen molar-refractivity contribution in [3.05, 3.63) is 30.2 Å². The summed E-state index contributed by atoms with van der Waals surface area (Å²) in [5.41, 5.74) is -0.595. The van der Waals surface area contributed by atoms with E-state index in [1.807, 2.05) is 45.0 Å². The third-order valence-corrected chi connectivity index (χ3v) is 5.39. The number of hydrogen-bond acceptors (Lipinski definition) is 5. The molecular formula is C19H24N2O5. The molecule has 7 heteroatoms. The number of nitrogens with one attached hydrogen (secondary N) is 1. The molecule has 1 saturated carbocycles. The van der Waals surface area contributed by atoms with Crippen LogP contribution < -0.4 is 5.32 Å². The Kier molecular flexibility index (Phi) is 4.75. The lowest BCUT2D eigenvalue weighted by Crippen LogP contribution is -2.76. The number of para-hydroxylation sites is 2. The molecule has 26 heavy (non-hydrogen) atoms. The minimum atomic E-state index is -1.31. The summed E-state index contributed by atoms with van der Waals surface area (Å²) in [6.07, 6.45) is 0.488. The Morgan fingerprint density at radius 3 is 2.73 bits per heavy atom. The number of hydrogen-bond donors (Lipinski definition) is 2. The second-order valence-electron chi connectivity index (χ2n) is 7.20. The van der Waals surface area contributed by atoms with Crippen molar-refractivity contribution >= 4 is 23.0 Å². The zero-order valence-electron chi connectivity index (χ0n) is 15.2. The lowest BCUT2D eigenvalue weighted by molar-refractivity contribution is -0.194. The number of rotatable bonds is 7. The van der Waals surface area contributed by atoms with Crippen molar-refractivity contribution < 1.29 is 23.8 Å². The highest BCUT2D eigenvalue weighted by Crippen LogP contribution is 2.51. The minimum absolute atomic E-state index is 0.108. The van der Waals surface area contributed by atoms with Gasteiger partial charge in [0.2, 0.25) is 5.91 Å². The second-order valence-corrected chi connectivity index (χ2v) is 7.20. The molecule has 140 valence electrons. The van der Waals surface area contributed by atoms with Crippen LogP contribution in [0.2, 0.25) is 0 Å². The van der Waals surface area contributed by atoms with E-state index in [4.69, 9.17) is 9.15 Å². The van der Waals surface area contributed by atoms with E-state index in [9.17, 15) is 14.7 Å². The fraction of sp³-hybridized carbons (Fsp3) is 0.526. The molecule has 1 aromatic carbocycles. The molecule has 0 aliphatic heterocycles. The Labute approximate surface area is 151 Å². The molecule has 1 aromatic heterocycles. The van der Waals surface area contributed by atoms with Gasteiger partial charge < -0.3 is 19.6 Å². The maximum Gasteiger partial charge on any atom is 0.330 e. The molecule has 0 saturated heterocycles. The van der Waals surface area contributed by atoms with Gasteiger partial charge in [0.15, 0.2) is 11.5 Å². The molecule has 1 amide bonds. The molecular weight excluding hydrogens is 336 g/mol. The molecule has 3 rings (SSSR count). The van der Waals surface area contributed by atoms with Crippen LogP contribution in [0.1, 0.15) is 39.5 Å². The summed E-state index contributed by atoms with van der Waals surface area (Å²) in [4.78, 5) is 28.6. The zero-order valence-corrected chi connectivity index (χ0v) is 15.2. The number of ether oxygens (including phenoxy) is 1. The third-order valence-electron chi connectivity index (χ3n) is 5.39. The number of carboxylic acid groups (broad SMARTS) is 1. The summed E-state index contributed by atoms with van der Waals surface area (Å²) in [5.74, 6) is -0.905. The Bertz CT molecular complexity index is 795. The number of aromatic nitrogens is 1. The highest BCUT2D eigenvalue weighted by Gasteiger charge is 2.66. The van der Waals surface area contributed by atoms with Gasteiger partial charge in [-0.05, 0) is 19.1 Å². The molecule has 2 N–H and O–H groups in total. The maximum absolute atomic E-state index is 12.4. The van der Waals surface area contributed by atoms with Crippen LogP contribution in [0.15, 0.2) is 28.7 Å². The summed E-state index contributed by atoms with van der Waals surface area (Å²) in [6.45, 7) is 6.00. The Morgan fingerprint density at radius 2 is 2.12 bits per heavy atom. The molecule has 0 radical (unpaired) electrons. The quantitative estimate of drug-likeness (QED) is 0.787. The maximum atomic E-state index is 12.4. The van der Waals surface area contributed by atoms with Crippen molar-refractivity contribution in [3.63, 3.8) is 0 Å². The lowest BCUT2D eigenvalue weighted by atomic mass is 9.54. The summed E-state index contributed by atoms with van der Waals surface area (Å²) in [7, 11) is 0. The van der Waals surface area contributed by atoms with Gasteiger partial charge in [-0.25, -0.2) is 9.78 Å². The standard InChI is InChI=1S/C19H24N2O5/c1-4-25-14-11-19(17(23)24,18(14,2)3)21-15(22)9-10-16-20-12-7-5-6-8-13(12)26-16/h5-8,14H,4,9-11H2,1-3H3,(H,21,22)(H,23,24). The number of carbonyl (C=O) groups excluding carboxylic acids is 1. The van der Waals surface area contributed by atoms with Gasteiger partial charge in [-0.2, -0.15) is 0 Å². The molecule has 2 aromatic rings. The van der Waals surface area contributed by atoms with Crippen molar-refractivity contribution in [2.45, 2.75) is 51.7 Å². The van der Waals surface area contributed by atoms with E-state index in [1.165, 1.54) is 0 Å². The van der Waals surface area contributed by atoms with Gasteiger partial charge in [0.1, 0.15) is 11.1 Å². The number of carbonyl (C=O) groups is 2. The molecule has 1 heterocycles. The van der Waals surface area contributed by atoms with Crippen LogP contribution >= 0.6 is 0 Å². The van der Waals surface area contributed by atoms with Crippen molar-refractivity contribution in [1.29, 1.82) is 0 Å². The van der Waals surface area contributed by atoms with Crippen LogP contribution in [0.5, 0.6) is 0 Å². The number of nitrogens with zero attached hydrogens (tertiary/aromatic N) is 1. The van der Waals surface area contributed by atoms with Crippen LogP contribution in [-0.4, -0.2) is 40.2 Å². The van der Waals surface area contributed by atoms with Crippen LogP contribution in [0, 0.1) is 5.41 Å². The lowest BCUT2D eigenvalue weighted by Gasteiger charge is -2.58. The van der Waals surface area contributed by atoms with E-state index in [0.29, 0.717) is 24.5 Å². The Morgan fingerprint density at radius 1 is 1.38 bits per heavy atom. The molecule has 7 nitrogen and oxygen atoms in total. The first kappa shape index (κ1) is 18.4. The van der Waals surface area contributed by atoms with E-state index < -0.39 is 16.9 Å². The van der Waals surface area contributed by atoms with Crippen molar-refractivity contribution in [3.8, 4) is 0 Å². The monoisotopic (exact) mass is 360 g/mol. The van der Waals surface area contributed by atoms with E-state index >= 15 is 0 Å². The fourth-order valence-electron chi connectivity index (χ4n) is 3.58. The van der Waals surface area contributed by atoms with Gasteiger partial charge in [-0.3, -0.25) is 4.79 Å². The molecule has 1 fully saturated rings. The van der Waals surface area contributed by atoms with Crippen LogP contribution in [0.25, 0.3) is 11.1 Å². The van der Waals surface area contributed by atoms with E-state index in [0.717, 1.165) is 5.52 Å². The molecule has 1 aliphatic rings. The second kappa shape index (κ2) is 6.72. The number of aryl methyl sites for hydroxylation is 1. The number of oxazole rings is 1. The zero-order chi connectivity index (χ0) is 18.9. The SMILES string of the molecule is CCOC1CC(NC(=O)CCc2nc3ccccc3o2)(C(=O)O)C1(C)C. The van der Waals surface area contributed by atoms with Gasteiger partial charge in [-0.1, -0.05) is 26.0 Å². The molecule has 0 spiro atoms. The average Bonchev–Trinajstić information content (AvgIpc) is 3.01. The van der Waals surface area contributed by atoms with Crippen molar-refractivity contribution in [2.24, 2.45) is 5.41 Å². The average molecular weight is 360 g/mol. The summed E-state index contributed by atoms with van der Waals surface area (Å²) >= 11 is 0. The van der Waals surface area contributed by atoms with Gasteiger partial charge in [0.25, 0.3) is 0 Å². The first-order valence-electron chi connectivity index (χ1n) is 8.80. The topological polar surface area (TPSA) is 102 Å². The van der Waals surface area contributed by atoms with E-state index in [2.05, 4.69) is 10.3 Å². The summed E-state index contributed by atoms with van der Waals surface area (Å²) in [6, 6.07) is 7.38. The van der Waals surface area contributed by atoms with Crippen molar-refractivity contribution in [2.75, 3.05) is 6.61 Å². The molecule has 2 unspecified atom stereocenters. The smallest absolute Gasteiger partial charge is 0.330 e. The Hall–Kier alpha value is -2.41. The minimum Gasteiger partial charge on any atom is -0.479 e. The largest absolute Gasteiger partial charge is 0.479 e. The van der Waals surface area contributed by atoms with Gasteiger partial charge in [0, 0.05) is 31.3 Å². The predicted octanol–water partition coefficient (Wildman–Crippen LogP) is 2.54. The highest BCUT2D eigenvalue weighted by molar-refractivity contribution is 5.89. The van der Waals surface area contributed by atoms with Crippen LogP contribution in [0.4, 0.5) is 0 Å². The number of benzene rings is 1. The first-order chi connectivity index (χ1) is 12.3. The van der Waals surface area contributed by atoms with Crippen LogP contribution in [-0.2, 0) is 20.7 Å². The molecule has 1 aliphatic carbocycles. The van der Waals surface area contributed by atoms with Gasteiger partial charge in [0.05, 0.1) is 6.10 Å². The highest BCUT2D eigenvalue weighted by atomic mass is 16.5. The molecule has 2 atom stereocenters. The summed E-state index contributed by atoms with van der Waals surface area (Å²) < 4.78 is 11.2. The van der Waals surface area contributed by atoms with Crippen molar-refractivity contribution in [1.82, 2.24) is 10.3 Å². The fourth-order valence-corrected chi connectivity index (χ4v) is 3.58. The molecule has 0 bridgehead atoms. The van der Waals surface area contributed by atoms with E-state index in [-0.39, 0.29) is 24.9 Å².